The van der Waals surface area contributed by atoms with Crippen molar-refractivity contribution in [1.29, 1.82) is 0 Å². The van der Waals surface area contributed by atoms with Crippen LogP contribution in [0, 0.1) is 0 Å². The van der Waals surface area contributed by atoms with E-state index >= 15 is 0 Å². The molecule has 1 aromatic heterocycles. The molecule has 1 heterocycles. The number of nitrogens with one attached hydrogen (secondary N) is 1. The van der Waals surface area contributed by atoms with Crippen LogP contribution in [0.25, 0.3) is 11.3 Å². The Morgan fingerprint density at radius 1 is 1.28 bits per heavy atom. The van der Waals surface area contributed by atoms with Gasteiger partial charge in [-0.25, -0.2) is 0 Å². The highest BCUT2D eigenvalue weighted by atomic mass is 35.5. The number of carbonyl (C=O) groups excluding carboxylic acids is 2. The summed E-state index contributed by atoms with van der Waals surface area (Å²) in [5, 5.41) is 3.03. The van der Waals surface area contributed by atoms with Crippen LogP contribution in [0.4, 0.5) is 5.69 Å². The van der Waals surface area contributed by atoms with Crippen LogP contribution in [-0.2, 0) is 9.59 Å². The standard InChI is InChI=1S/C19H19ClN2O2S/c1-4-18(12(2)23)25-13(3)19(24)22-14-8-9-16(20)15(11-14)17-7-5-6-10-21-17/h4-11,13H,1-3H3,(H,22,24)/b18-4-. The second-order valence-corrected chi connectivity index (χ2v) is 7.16. The van der Waals surface area contributed by atoms with E-state index in [0.29, 0.717) is 15.6 Å². The number of amides is 1. The number of ketones is 1. The number of nitrogens with zero attached hydrogens (tertiary/aromatic N) is 1. The predicted molar refractivity (Wildman–Crippen MR) is 105 cm³/mol. The number of hydrogen-bond donors (Lipinski definition) is 1. The molecule has 0 spiro atoms. The van der Waals surface area contributed by atoms with Crippen LogP contribution >= 0.6 is 23.4 Å². The molecule has 1 aromatic carbocycles. The van der Waals surface area contributed by atoms with Gasteiger partial charge in [0.25, 0.3) is 0 Å². The largest absolute Gasteiger partial charge is 0.325 e. The zero-order valence-corrected chi connectivity index (χ0v) is 15.8. The maximum atomic E-state index is 12.4. The third-order valence-corrected chi connectivity index (χ3v) is 5.13. The molecule has 1 unspecified atom stereocenters. The Balaban J connectivity index is 2.15. The third kappa shape index (κ3) is 5.18. The van der Waals surface area contributed by atoms with Gasteiger partial charge in [0.15, 0.2) is 5.78 Å². The third-order valence-electron chi connectivity index (χ3n) is 3.46. The van der Waals surface area contributed by atoms with Crippen LogP contribution in [0.2, 0.25) is 5.02 Å². The van der Waals surface area contributed by atoms with Crippen LogP contribution in [0.15, 0.2) is 53.6 Å². The topological polar surface area (TPSA) is 59.1 Å². The van der Waals surface area contributed by atoms with Crippen molar-refractivity contribution < 1.29 is 9.59 Å². The van der Waals surface area contributed by atoms with Crippen molar-refractivity contribution in [2.24, 2.45) is 0 Å². The molecule has 0 aliphatic carbocycles. The van der Waals surface area contributed by atoms with Gasteiger partial charge in [-0.1, -0.05) is 23.7 Å². The molecule has 1 amide bonds. The molecule has 0 aliphatic rings. The lowest BCUT2D eigenvalue weighted by Gasteiger charge is -2.14. The van der Waals surface area contributed by atoms with Crippen molar-refractivity contribution in [2.45, 2.75) is 26.0 Å². The second kappa shape index (κ2) is 8.83. The number of hydrogen-bond acceptors (Lipinski definition) is 4. The Morgan fingerprint density at radius 2 is 2.04 bits per heavy atom. The van der Waals surface area contributed by atoms with Gasteiger partial charge in [0.1, 0.15) is 0 Å². The van der Waals surface area contributed by atoms with Crippen LogP contribution in [0.5, 0.6) is 0 Å². The number of carbonyl (C=O) groups is 2. The number of pyridine rings is 1. The van der Waals surface area contributed by atoms with Crippen LogP contribution < -0.4 is 5.32 Å². The van der Waals surface area contributed by atoms with E-state index in [-0.39, 0.29) is 11.7 Å². The predicted octanol–water partition coefficient (Wildman–Crippen LogP) is 4.96. The quantitative estimate of drug-likeness (QED) is 0.726. The minimum Gasteiger partial charge on any atom is -0.325 e. The van der Waals surface area contributed by atoms with Crippen molar-refractivity contribution in [3.63, 3.8) is 0 Å². The fraction of sp³-hybridized carbons (Fsp3) is 0.211. The Hall–Kier alpha value is -2.11. The molecule has 1 N–H and O–H groups in total. The Bertz CT molecular complexity index is 806. The molecule has 2 aromatic rings. The average molecular weight is 375 g/mol. The van der Waals surface area contributed by atoms with Gasteiger partial charge in [-0.15, -0.1) is 11.8 Å². The molecule has 0 saturated heterocycles. The number of Topliss-reactive ketones (excluding diaryl/α,β-unsaturated/α-hetero) is 1. The highest BCUT2D eigenvalue weighted by Crippen LogP contribution is 2.30. The van der Waals surface area contributed by atoms with E-state index < -0.39 is 5.25 Å². The monoisotopic (exact) mass is 374 g/mol. The smallest absolute Gasteiger partial charge is 0.237 e. The number of halogens is 1. The highest BCUT2D eigenvalue weighted by molar-refractivity contribution is 8.05. The molecule has 0 fully saturated rings. The van der Waals surface area contributed by atoms with Gasteiger partial charge in [-0.05, 0) is 51.1 Å². The zero-order valence-electron chi connectivity index (χ0n) is 14.2. The first-order chi connectivity index (χ1) is 11.9. The molecule has 0 radical (unpaired) electrons. The summed E-state index contributed by atoms with van der Waals surface area (Å²) >= 11 is 7.50. The molecule has 1 atom stereocenters. The molecule has 2 rings (SSSR count). The van der Waals surface area contributed by atoms with Gasteiger partial charge in [0, 0.05) is 22.4 Å². The summed E-state index contributed by atoms with van der Waals surface area (Å²) in [4.78, 5) is 28.8. The van der Waals surface area contributed by atoms with Crippen molar-refractivity contribution in [3.05, 3.63) is 58.6 Å². The van der Waals surface area contributed by atoms with Crippen molar-refractivity contribution in [2.75, 3.05) is 5.32 Å². The van der Waals surface area contributed by atoms with E-state index in [4.69, 9.17) is 11.6 Å². The summed E-state index contributed by atoms with van der Waals surface area (Å²) < 4.78 is 0. The van der Waals surface area contributed by atoms with E-state index in [1.807, 2.05) is 18.2 Å². The van der Waals surface area contributed by atoms with Crippen LogP contribution in [0.1, 0.15) is 20.8 Å². The molecular formula is C19H19ClN2O2S. The van der Waals surface area contributed by atoms with Gasteiger partial charge in [0.2, 0.25) is 5.91 Å². The van der Waals surface area contributed by atoms with Crippen molar-refractivity contribution in [1.82, 2.24) is 4.98 Å². The number of anilines is 1. The number of benzene rings is 1. The first-order valence-electron chi connectivity index (χ1n) is 7.78. The van der Waals surface area contributed by atoms with Crippen LogP contribution in [0.3, 0.4) is 0 Å². The SMILES string of the molecule is C/C=C(\SC(C)C(=O)Nc1ccc(Cl)c(-c2ccccn2)c1)C(C)=O. The maximum Gasteiger partial charge on any atom is 0.237 e. The van der Waals surface area contributed by atoms with Crippen LogP contribution in [-0.4, -0.2) is 21.9 Å². The minimum atomic E-state index is -0.399. The molecule has 25 heavy (non-hydrogen) atoms. The van der Waals surface area contributed by atoms with E-state index in [9.17, 15) is 9.59 Å². The number of allylic oxidation sites excluding steroid dienone is 2. The average Bonchev–Trinajstić information content (AvgIpc) is 2.61. The fourth-order valence-corrected chi connectivity index (χ4v) is 3.23. The van der Waals surface area contributed by atoms with E-state index in [0.717, 1.165) is 11.3 Å². The molecule has 4 nitrogen and oxygen atoms in total. The second-order valence-electron chi connectivity index (χ2n) is 5.37. The van der Waals surface area contributed by atoms with E-state index in [1.165, 1.54) is 18.7 Å². The lowest BCUT2D eigenvalue weighted by atomic mass is 10.1. The van der Waals surface area contributed by atoms with Crippen molar-refractivity contribution >= 4 is 40.7 Å². The summed E-state index contributed by atoms with van der Waals surface area (Å²) in [5.41, 5.74) is 2.12. The zero-order chi connectivity index (χ0) is 18.4. The normalized spacial score (nSPS) is 12.6. The van der Waals surface area contributed by atoms with Crippen molar-refractivity contribution in [3.8, 4) is 11.3 Å². The lowest BCUT2D eigenvalue weighted by molar-refractivity contribution is -0.115. The minimum absolute atomic E-state index is 0.0453. The van der Waals surface area contributed by atoms with E-state index in [1.54, 1.807) is 44.3 Å². The number of thioether (sulfide) groups is 1. The Morgan fingerprint density at radius 3 is 2.64 bits per heavy atom. The molecular weight excluding hydrogens is 356 g/mol. The Kier molecular flexibility index (Phi) is 6.79. The highest BCUT2D eigenvalue weighted by Gasteiger charge is 2.18. The number of rotatable bonds is 6. The molecule has 0 bridgehead atoms. The first-order valence-corrected chi connectivity index (χ1v) is 9.04. The fourth-order valence-electron chi connectivity index (χ4n) is 2.16. The summed E-state index contributed by atoms with van der Waals surface area (Å²) in [6.07, 6.45) is 3.41. The molecule has 0 aliphatic heterocycles. The van der Waals surface area contributed by atoms with E-state index in [2.05, 4.69) is 10.3 Å². The van der Waals surface area contributed by atoms with Gasteiger partial charge in [-0.2, -0.15) is 0 Å². The first kappa shape index (κ1) is 19.2. The summed E-state index contributed by atoms with van der Waals surface area (Å²) in [5.74, 6) is -0.226. The summed E-state index contributed by atoms with van der Waals surface area (Å²) in [6, 6.07) is 10.8. The molecule has 6 heteroatoms. The van der Waals surface area contributed by atoms with Gasteiger partial charge in [0.05, 0.1) is 16.0 Å². The summed E-state index contributed by atoms with van der Waals surface area (Å²) in [7, 11) is 0. The lowest BCUT2D eigenvalue weighted by Crippen LogP contribution is -2.23. The molecule has 0 saturated carbocycles. The van der Waals surface area contributed by atoms with Gasteiger partial charge < -0.3 is 5.32 Å². The van der Waals surface area contributed by atoms with Gasteiger partial charge >= 0.3 is 0 Å². The summed E-state index contributed by atoms with van der Waals surface area (Å²) in [6.45, 7) is 5.04. The van der Waals surface area contributed by atoms with Gasteiger partial charge in [-0.3, -0.25) is 14.6 Å². The Labute approximate surface area is 156 Å². The maximum absolute atomic E-state index is 12.4. The number of aromatic nitrogens is 1. The molecule has 130 valence electrons.